The number of nitrogens with one attached hydrogen (secondary N) is 2. The monoisotopic (exact) mass is 325 g/mol. The number of rotatable bonds is 6. The molecule has 24 heavy (non-hydrogen) atoms. The summed E-state index contributed by atoms with van der Waals surface area (Å²) in [5.74, 6) is 0.108. The number of carbonyl (C=O) groups excluding carboxylic acids is 1. The van der Waals surface area contributed by atoms with Crippen LogP contribution in [-0.2, 0) is 16.0 Å². The molecular formula is C20H25N2O2+. The molecule has 0 bridgehead atoms. The van der Waals surface area contributed by atoms with E-state index in [1.807, 2.05) is 36.4 Å². The lowest BCUT2D eigenvalue weighted by Crippen LogP contribution is -3.15. The lowest BCUT2D eigenvalue weighted by Gasteiger charge is -2.25. The van der Waals surface area contributed by atoms with Gasteiger partial charge in [-0.2, -0.15) is 0 Å². The van der Waals surface area contributed by atoms with Crippen molar-refractivity contribution in [3.05, 3.63) is 71.8 Å². The molecular weight excluding hydrogens is 300 g/mol. The van der Waals surface area contributed by atoms with E-state index < -0.39 is 0 Å². The summed E-state index contributed by atoms with van der Waals surface area (Å²) in [6, 6.07) is 20.5. The summed E-state index contributed by atoms with van der Waals surface area (Å²) in [5.41, 5.74) is 2.37. The third kappa shape index (κ3) is 4.91. The van der Waals surface area contributed by atoms with Crippen molar-refractivity contribution >= 4 is 5.91 Å². The fraction of sp³-hybridized carbons (Fsp3) is 0.350. The zero-order chi connectivity index (χ0) is 16.6. The van der Waals surface area contributed by atoms with E-state index in [-0.39, 0.29) is 11.9 Å². The minimum absolute atomic E-state index is 0.00143. The van der Waals surface area contributed by atoms with Gasteiger partial charge in [-0.25, -0.2) is 0 Å². The van der Waals surface area contributed by atoms with Gasteiger partial charge in [0.05, 0.1) is 19.3 Å². The SMILES string of the molecule is O=C(C[NH+]1CCOCC1)N[C@H](Cc1ccccc1)c1ccccc1. The molecule has 4 heteroatoms. The quantitative estimate of drug-likeness (QED) is 0.832. The van der Waals surface area contributed by atoms with Crippen molar-refractivity contribution in [2.24, 2.45) is 0 Å². The van der Waals surface area contributed by atoms with Crippen LogP contribution in [0.1, 0.15) is 17.2 Å². The van der Waals surface area contributed by atoms with Crippen LogP contribution in [0, 0.1) is 0 Å². The van der Waals surface area contributed by atoms with Gasteiger partial charge in [0.2, 0.25) is 0 Å². The van der Waals surface area contributed by atoms with Gasteiger partial charge in [-0.05, 0) is 17.5 Å². The predicted octanol–water partition coefficient (Wildman–Crippen LogP) is 1.00. The van der Waals surface area contributed by atoms with E-state index in [2.05, 4.69) is 29.6 Å². The third-order valence-electron chi connectivity index (χ3n) is 4.43. The van der Waals surface area contributed by atoms with Crippen LogP contribution in [0.3, 0.4) is 0 Å². The standard InChI is InChI=1S/C20H24N2O2/c23-20(16-22-11-13-24-14-12-22)21-19(18-9-5-2-6-10-18)15-17-7-3-1-4-8-17/h1-10,19H,11-16H2,(H,21,23)/p+1/t19-/m1/s1. The first-order valence-electron chi connectivity index (χ1n) is 8.61. The van der Waals surface area contributed by atoms with Crippen LogP contribution in [-0.4, -0.2) is 38.8 Å². The second-order valence-corrected chi connectivity index (χ2v) is 6.26. The van der Waals surface area contributed by atoms with E-state index in [1.54, 1.807) is 0 Å². The Morgan fingerprint density at radius 3 is 2.29 bits per heavy atom. The Labute approximate surface area is 143 Å². The number of morpholine rings is 1. The van der Waals surface area contributed by atoms with Crippen molar-refractivity contribution in [3.8, 4) is 0 Å². The van der Waals surface area contributed by atoms with E-state index in [4.69, 9.17) is 4.74 Å². The Balaban J connectivity index is 1.66. The van der Waals surface area contributed by atoms with Crippen LogP contribution in [0.4, 0.5) is 0 Å². The van der Waals surface area contributed by atoms with E-state index in [0.29, 0.717) is 6.54 Å². The zero-order valence-electron chi connectivity index (χ0n) is 13.9. The van der Waals surface area contributed by atoms with Crippen molar-refractivity contribution in [1.82, 2.24) is 5.32 Å². The molecule has 0 aliphatic carbocycles. The lowest BCUT2D eigenvalue weighted by atomic mass is 9.99. The summed E-state index contributed by atoms with van der Waals surface area (Å²) >= 11 is 0. The van der Waals surface area contributed by atoms with Gasteiger partial charge in [0.1, 0.15) is 13.1 Å². The molecule has 2 N–H and O–H groups in total. The number of hydrogen-bond acceptors (Lipinski definition) is 2. The van der Waals surface area contributed by atoms with E-state index in [0.717, 1.165) is 38.3 Å². The highest BCUT2D eigenvalue weighted by atomic mass is 16.5. The Morgan fingerprint density at radius 2 is 1.62 bits per heavy atom. The molecule has 126 valence electrons. The molecule has 1 atom stereocenters. The van der Waals surface area contributed by atoms with Gasteiger partial charge in [-0.15, -0.1) is 0 Å². The molecule has 2 aromatic rings. The highest BCUT2D eigenvalue weighted by molar-refractivity contribution is 5.77. The summed E-state index contributed by atoms with van der Waals surface area (Å²) in [6.07, 6.45) is 0.801. The Hall–Kier alpha value is -2.17. The Kier molecular flexibility index (Phi) is 5.99. The van der Waals surface area contributed by atoms with E-state index in [9.17, 15) is 4.79 Å². The fourth-order valence-electron chi connectivity index (χ4n) is 3.10. The normalized spacial score (nSPS) is 16.5. The number of ether oxygens (including phenoxy) is 1. The van der Waals surface area contributed by atoms with Gasteiger partial charge >= 0.3 is 0 Å². The second kappa shape index (κ2) is 8.62. The van der Waals surface area contributed by atoms with Crippen LogP contribution in [0.25, 0.3) is 0 Å². The number of benzene rings is 2. The van der Waals surface area contributed by atoms with Gasteiger partial charge in [-0.1, -0.05) is 60.7 Å². The molecule has 2 aromatic carbocycles. The van der Waals surface area contributed by atoms with Crippen molar-refractivity contribution in [3.63, 3.8) is 0 Å². The molecule has 1 heterocycles. The van der Waals surface area contributed by atoms with Gasteiger partial charge in [0, 0.05) is 0 Å². The molecule has 0 radical (unpaired) electrons. The first-order chi connectivity index (χ1) is 11.8. The van der Waals surface area contributed by atoms with Gasteiger partial charge in [0.15, 0.2) is 6.54 Å². The van der Waals surface area contributed by atoms with Gasteiger partial charge < -0.3 is 15.0 Å². The smallest absolute Gasteiger partial charge is 0.275 e. The number of hydrogen-bond donors (Lipinski definition) is 2. The molecule has 0 unspecified atom stereocenters. The minimum Gasteiger partial charge on any atom is -0.370 e. The highest BCUT2D eigenvalue weighted by Gasteiger charge is 2.21. The molecule has 1 aliphatic heterocycles. The Morgan fingerprint density at radius 1 is 1.00 bits per heavy atom. The summed E-state index contributed by atoms with van der Waals surface area (Å²) < 4.78 is 5.36. The van der Waals surface area contributed by atoms with Crippen LogP contribution >= 0.6 is 0 Å². The molecule has 3 rings (SSSR count). The summed E-state index contributed by atoms with van der Waals surface area (Å²) in [4.78, 5) is 13.8. The largest absolute Gasteiger partial charge is 0.370 e. The topological polar surface area (TPSA) is 42.8 Å². The van der Waals surface area contributed by atoms with Crippen molar-refractivity contribution in [2.45, 2.75) is 12.5 Å². The average Bonchev–Trinajstić information content (AvgIpc) is 2.63. The summed E-state index contributed by atoms with van der Waals surface area (Å²) in [7, 11) is 0. The molecule has 4 nitrogen and oxygen atoms in total. The maximum Gasteiger partial charge on any atom is 0.275 e. The maximum atomic E-state index is 12.5. The van der Waals surface area contributed by atoms with Crippen LogP contribution in [0.5, 0.6) is 0 Å². The number of amides is 1. The first kappa shape index (κ1) is 16.7. The Bertz CT molecular complexity index is 625. The van der Waals surface area contributed by atoms with Crippen molar-refractivity contribution in [1.29, 1.82) is 0 Å². The molecule has 0 spiro atoms. The van der Waals surface area contributed by atoms with Crippen molar-refractivity contribution < 1.29 is 14.4 Å². The lowest BCUT2D eigenvalue weighted by molar-refractivity contribution is -0.900. The van der Waals surface area contributed by atoms with E-state index in [1.165, 1.54) is 10.5 Å². The second-order valence-electron chi connectivity index (χ2n) is 6.26. The number of carbonyl (C=O) groups is 1. The fourth-order valence-corrected chi connectivity index (χ4v) is 3.10. The molecule has 1 saturated heterocycles. The molecule has 1 amide bonds. The summed E-state index contributed by atoms with van der Waals surface area (Å²) in [6.45, 7) is 3.81. The molecule has 0 saturated carbocycles. The third-order valence-corrected chi connectivity index (χ3v) is 4.43. The van der Waals surface area contributed by atoms with Gasteiger partial charge in [0.25, 0.3) is 5.91 Å². The van der Waals surface area contributed by atoms with Crippen molar-refractivity contribution in [2.75, 3.05) is 32.8 Å². The number of quaternary nitrogens is 1. The van der Waals surface area contributed by atoms with Crippen LogP contribution in [0.2, 0.25) is 0 Å². The minimum atomic E-state index is 0.00143. The van der Waals surface area contributed by atoms with Crippen LogP contribution in [0.15, 0.2) is 60.7 Å². The average molecular weight is 325 g/mol. The first-order valence-corrected chi connectivity index (χ1v) is 8.61. The predicted molar refractivity (Wildman–Crippen MR) is 93.9 cm³/mol. The highest BCUT2D eigenvalue weighted by Crippen LogP contribution is 2.18. The van der Waals surface area contributed by atoms with E-state index >= 15 is 0 Å². The molecule has 1 aliphatic rings. The zero-order valence-corrected chi connectivity index (χ0v) is 13.9. The maximum absolute atomic E-state index is 12.5. The molecule has 1 fully saturated rings. The molecule has 0 aromatic heterocycles. The van der Waals surface area contributed by atoms with Crippen LogP contribution < -0.4 is 10.2 Å². The summed E-state index contributed by atoms with van der Waals surface area (Å²) in [5, 5.41) is 3.23. The van der Waals surface area contributed by atoms with Gasteiger partial charge in [-0.3, -0.25) is 4.79 Å².